The van der Waals surface area contributed by atoms with Gasteiger partial charge in [0.2, 0.25) is 0 Å². The Morgan fingerprint density at radius 1 is 1.33 bits per heavy atom. The zero-order valence-electron chi connectivity index (χ0n) is 12.0. The quantitative estimate of drug-likeness (QED) is 0.874. The fraction of sp³-hybridized carbons (Fsp3) is 0.429. The lowest BCUT2D eigenvalue weighted by Crippen LogP contribution is -2.73. The third-order valence-electron chi connectivity index (χ3n) is 3.89. The number of piperazine rings is 1. The Hall–Kier alpha value is -2.15. The molecule has 6 nitrogen and oxygen atoms in total. The summed E-state index contributed by atoms with van der Waals surface area (Å²) in [5.74, 6) is -0.719. The summed E-state index contributed by atoms with van der Waals surface area (Å²) in [5.41, 5.74) is -1.00. The van der Waals surface area contributed by atoms with Gasteiger partial charge in [0.15, 0.2) is 11.4 Å². The van der Waals surface area contributed by atoms with Gasteiger partial charge < -0.3 is 10.0 Å². The minimum atomic E-state index is -1.37. The number of carbonyl (C=O) groups is 2. The summed E-state index contributed by atoms with van der Waals surface area (Å²) in [5, 5.41) is 12.1. The van der Waals surface area contributed by atoms with Gasteiger partial charge in [0.05, 0.1) is 12.2 Å². The number of nitrogens with one attached hydrogen (secondary N) is 1. The zero-order chi connectivity index (χ0) is 15.6. The fourth-order valence-corrected chi connectivity index (χ4v) is 2.72. The molecule has 2 N–H and O–H groups in total. The van der Waals surface area contributed by atoms with Crippen LogP contribution in [0.4, 0.5) is 14.9 Å². The van der Waals surface area contributed by atoms with E-state index in [-0.39, 0.29) is 18.9 Å². The molecule has 7 heteroatoms. The average Bonchev–Trinajstić information content (AvgIpc) is 2.46. The molecule has 0 saturated carbocycles. The van der Waals surface area contributed by atoms with Crippen molar-refractivity contribution in [3.63, 3.8) is 0 Å². The third kappa shape index (κ3) is 2.56. The summed E-state index contributed by atoms with van der Waals surface area (Å²) >= 11 is 0. The second-order valence-electron chi connectivity index (χ2n) is 4.97. The van der Waals surface area contributed by atoms with Crippen LogP contribution in [0, 0.1) is 5.82 Å². The maximum Gasteiger partial charge on any atom is 0.409 e. The lowest BCUT2D eigenvalue weighted by atomic mass is 9.99. The smallest absolute Gasteiger partial charge is 0.409 e. The molecule has 114 valence electrons. The molecule has 1 saturated heterocycles. The highest BCUT2D eigenvalue weighted by atomic mass is 19.1. The number of Topliss-reactive ketones (excluding diaryl/α,β-unsaturated/α-hetero) is 1. The summed E-state index contributed by atoms with van der Waals surface area (Å²) in [7, 11) is 1.53. The van der Waals surface area contributed by atoms with Crippen molar-refractivity contribution in [3.8, 4) is 0 Å². The number of anilines is 1. The lowest BCUT2D eigenvalue weighted by Gasteiger charge is -2.48. The van der Waals surface area contributed by atoms with E-state index in [1.165, 1.54) is 20.0 Å². The van der Waals surface area contributed by atoms with E-state index in [2.05, 4.69) is 5.32 Å². The summed E-state index contributed by atoms with van der Waals surface area (Å²) in [4.78, 5) is 26.2. The number of rotatable bonds is 3. The molecule has 0 aromatic heterocycles. The number of para-hydroxylation sites is 1. The predicted molar refractivity (Wildman–Crippen MR) is 75.8 cm³/mol. The predicted octanol–water partition coefficient (Wildman–Crippen LogP) is 1.13. The summed E-state index contributed by atoms with van der Waals surface area (Å²) in [6, 6.07) is 6.25. The second-order valence-corrected chi connectivity index (χ2v) is 4.97. The minimum Gasteiger partial charge on any atom is -0.465 e. The van der Waals surface area contributed by atoms with E-state index in [4.69, 9.17) is 0 Å². The molecule has 2 rings (SSSR count). The molecule has 1 fully saturated rings. The number of hydrogen-bond acceptors (Lipinski definition) is 4. The van der Waals surface area contributed by atoms with Gasteiger partial charge in [0.25, 0.3) is 0 Å². The van der Waals surface area contributed by atoms with Gasteiger partial charge >= 0.3 is 6.09 Å². The first-order chi connectivity index (χ1) is 9.92. The Balaban J connectivity index is 2.38. The number of carboxylic acid groups (broad SMARTS) is 1. The minimum absolute atomic E-state index is 0.0616. The molecule has 1 heterocycles. The van der Waals surface area contributed by atoms with E-state index in [0.717, 1.165) is 4.90 Å². The molecule has 0 spiro atoms. The van der Waals surface area contributed by atoms with Crippen molar-refractivity contribution in [2.24, 2.45) is 0 Å². The van der Waals surface area contributed by atoms with Crippen LogP contribution in [0.2, 0.25) is 0 Å². The molecule has 0 aliphatic carbocycles. The van der Waals surface area contributed by atoms with Crippen LogP contribution in [0.15, 0.2) is 24.3 Å². The maximum atomic E-state index is 13.9. The van der Waals surface area contributed by atoms with Gasteiger partial charge in [-0.15, -0.1) is 0 Å². The van der Waals surface area contributed by atoms with Crippen molar-refractivity contribution < 1.29 is 19.1 Å². The molecule has 1 aromatic rings. The van der Waals surface area contributed by atoms with Gasteiger partial charge in [-0.05, 0) is 26.1 Å². The highest BCUT2D eigenvalue weighted by Gasteiger charge is 2.47. The molecule has 1 atom stereocenters. The van der Waals surface area contributed by atoms with Crippen LogP contribution in [0.1, 0.15) is 6.92 Å². The van der Waals surface area contributed by atoms with Gasteiger partial charge in [-0.25, -0.2) is 9.18 Å². The molecule has 1 aromatic carbocycles. The Bertz CT molecular complexity index is 566. The Morgan fingerprint density at radius 3 is 2.52 bits per heavy atom. The van der Waals surface area contributed by atoms with Gasteiger partial charge in [0.1, 0.15) is 5.82 Å². The van der Waals surface area contributed by atoms with Crippen LogP contribution < -0.4 is 10.2 Å². The zero-order valence-corrected chi connectivity index (χ0v) is 12.0. The summed E-state index contributed by atoms with van der Waals surface area (Å²) < 4.78 is 13.9. The van der Waals surface area contributed by atoms with Crippen LogP contribution in [0.3, 0.4) is 0 Å². The second kappa shape index (κ2) is 5.69. The first-order valence-corrected chi connectivity index (χ1v) is 6.62. The van der Waals surface area contributed by atoms with E-state index in [0.29, 0.717) is 12.2 Å². The lowest BCUT2D eigenvalue weighted by molar-refractivity contribution is -0.130. The van der Waals surface area contributed by atoms with Crippen LogP contribution in [0.5, 0.6) is 0 Å². The van der Waals surface area contributed by atoms with E-state index >= 15 is 0 Å². The molecule has 1 aliphatic rings. The van der Waals surface area contributed by atoms with E-state index in [9.17, 15) is 19.1 Å². The molecule has 1 aliphatic heterocycles. The van der Waals surface area contributed by atoms with Gasteiger partial charge in [-0.2, -0.15) is 0 Å². The number of benzene rings is 1. The van der Waals surface area contributed by atoms with Crippen molar-refractivity contribution in [3.05, 3.63) is 30.1 Å². The summed E-state index contributed by atoms with van der Waals surface area (Å²) in [6.45, 7) is 1.83. The molecule has 1 amide bonds. The Morgan fingerprint density at radius 2 is 2.00 bits per heavy atom. The maximum absolute atomic E-state index is 13.9. The van der Waals surface area contributed by atoms with Crippen molar-refractivity contribution >= 4 is 17.6 Å². The topological polar surface area (TPSA) is 72.9 Å². The van der Waals surface area contributed by atoms with E-state index < -0.39 is 17.6 Å². The van der Waals surface area contributed by atoms with Crippen molar-refractivity contribution in [1.82, 2.24) is 10.2 Å². The SMILES string of the molecule is CNC1(C(C)=O)CN(c2ccccc2F)CCN1C(=O)O. The van der Waals surface area contributed by atoms with Crippen LogP contribution >= 0.6 is 0 Å². The first kappa shape index (κ1) is 15.2. The molecule has 21 heavy (non-hydrogen) atoms. The number of amides is 1. The molecular formula is C14H18FN3O3. The van der Waals surface area contributed by atoms with Gasteiger partial charge in [-0.3, -0.25) is 15.0 Å². The average molecular weight is 295 g/mol. The van der Waals surface area contributed by atoms with Crippen molar-refractivity contribution in [2.45, 2.75) is 12.6 Å². The molecule has 0 bridgehead atoms. The normalized spacial score (nSPS) is 22.2. The Labute approximate surface area is 122 Å². The summed E-state index contributed by atoms with van der Waals surface area (Å²) in [6.07, 6.45) is -1.17. The van der Waals surface area contributed by atoms with E-state index in [1.807, 2.05) is 0 Å². The number of likely N-dealkylation sites (N-methyl/N-ethyl adjacent to an activating group) is 1. The number of ketones is 1. The highest BCUT2D eigenvalue weighted by Crippen LogP contribution is 2.27. The Kier molecular flexibility index (Phi) is 4.13. The fourth-order valence-electron chi connectivity index (χ4n) is 2.72. The third-order valence-corrected chi connectivity index (χ3v) is 3.89. The first-order valence-electron chi connectivity index (χ1n) is 6.62. The number of carbonyl (C=O) groups excluding carboxylic acids is 1. The molecule has 1 unspecified atom stereocenters. The van der Waals surface area contributed by atoms with Crippen LogP contribution in [0.25, 0.3) is 0 Å². The van der Waals surface area contributed by atoms with Crippen molar-refractivity contribution in [2.75, 3.05) is 31.6 Å². The largest absolute Gasteiger partial charge is 0.465 e. The highest BCUT2D eigenvalue weighted by molar-refractivity contribution is 5.90. The van der Waals surface area contributed by atoms with Crippen LogP contribution in [-0.2, 0) is 4.79 Å². The van der Waals surface area contributed by atoms with Crippen LogP contribution in [-0.4, -0.2) is 54.2 Å². The standard InChI is InChI=1S/C14H18FN3O3/c1-10(19)14(16-2)9-17(7-8-18(14)13(20)21)12-6-4-3-5-11(12)15/h3-6,16H,7-9H2,1-2H3,(H,20,21). The number of hydrogen-bond donors (Lipinski definition) is 2. The number of halogens is 1. The van der Waals surface area contributed by atoms with Gasteiger partial charge in [0, 0.05) is 13.1 Å². The van der Waals surface area contributed by atoms with Gasteiger partial charge in [-0.1, -0.05) is 12.1 Å². The monoisotopic (exact) mass is 295 g/mol. The number of nitrogens with zero attached hydrogens (tertiary/aromatic N) is 2. The van der Waals surface area contributed by atoms with Crippen molar-refractivity contribution in [1.29, 1.82) is 0 Å². The molecule has 0 radical (unpaired) electrons. The van der Waals surface area contributed by atoms with E-state index in [1.54, 1.807) is 23.1 Å². The molecular weight excluding hydrogens is 277 g/mol.